The minimum atomic E-state index is -1.04. The van der Waals surface area contributed by atoms with Crippen molar-refractivity contribution in [3.8, 4) is 0 Å². The lowest BCUT2D eigenvalue weighted by atomic mass is 9.94. The number of esters is 1. The molecule has 0 saturated heterocycles. The number of methoxy groups -OCH3 is 1. The molecule has 0 aliphatic rings. The van der Waals surface area contributed by atoms with Crippen LogP contribution in [0.15, 0.2) is 48.5 Å². The third-order valence-corrected chi connectivity index (χ3v) is 5.31. The van der Waals surface area contributed by atoms with Crippen molar-refractivity contribution >= 4 is 55.6 Å². The normalized spacial score (nSPS) is 11.2. The second-order valence-corrected chi connectivity index (χ2v) is 6.42. The van der Waals surface area contributed by atoms with Gasteiger partial charge in [-0.2, -0.15) is 0 Å². The number of ether oxygens (including phenoxy) is 1. The van der Waals surface area contributed by atoms with Gasteiger partial charge >= 0.3 is 11.9 Å². The molecule has 4 nitrogen and oxygen atoms in total. The summed E-state index contributed by atoms with van der Waals surface area (Å²) < 4.78 is 4.88. The number of rotatable bonds is 2. The molecule has 1 aromatic heterocycles. The molecule has 0 bridgehead atoms. The lowest BCUT2D eigenvalue weighted by Crippen LogP contribution is -1.98. The molecule has 1 N–H and O–H groups in total. The summed E-state index contributed by atoms with van der Waals surface area (Å²) in [7, 11) is 1.30. The number of carboxylic acids is 1. The van der Waals surface area contributed by atoms with E-state index in [1.165, 1.54) is 7.11 Å². The Morgan fingerprint density at radius 1 is 0.833 bits per heavy atom. The third kappa shape index (κ3) is 1.91. The van der Waals surface area contributed by atoms with Crippen molar-refractivity contribution in [2.24, 2.45) is 0 Å². The Morgan fingerprint density at radius 3 is 1.75 bits per heavy atom. The van der Waals surface area contributed by atoms with E-state index >= 15 is 0 Å². The number of thiophene rings is 1. The number of hydrogen-bond acceptors (Lipinski definition) is 4. The molecule has 0 amide bonds. The summed E-state index contributed by atoms with van der Waals surface area (Å²) in [6.45, 7) is 0. The van der Waals surface area contributed by atoms with Crippen LogP contribution < -0.4 is 0 Å². The summed E-state index contributed by atoms with van der Waals surface area (Å²) in [5.41, 5.74) is 0. The Labute approximate surface area is 140 Å². The first-order valence-corrected chi connectivity index (χ1v) is 8.12. The topological polar surface area (TPSA) is 63.6 Å². The Hall–Kier alpha value is -2.92. The highest BCUT2D eigenvalue weighted by Crippen LogP contribution is 2.42. The van der Waals surface area contributed by atoms with E-state index in [0.29, 0.717) is 15.6 Å². The first-order chi connectivity index (χ1) is 11.6. The van der Waals surface area contributed by atoms with E-state index in [1.807, 2.05) is 48.5 Å². The van der Waals surface area contributed by atoms with Gasteiger partial charge in [-0.1, -0.05) is 48.5 Å². The first kappa shape index (κ1) is 14.7. The summed E-state index contributed by atoms with van der Waals surface area (Å²) in [6.07, 6.45) is 0. The van der Waals surface area contributed by atoms with E-state index in [9.17, 15) is 14.7 Å². The minimum Gasteiger partial charge on any atom is -0.477 e. The van der Waals surface area contributed by atoms with Gasteiger partial charge in [0.15, 0.2) is 0 Å². The van der Waals surface area contributed by atoms with E-state index in [1.54, 1.807) is 0 Å². The van der Waals surface area contributed by atoms with Gasteiger partial charge in [-0.05, 0) is 21.5 Å². The van der Waals surface area contributed by atoms with Crippen molar-refractivity contribution in [3.05, 3.63) is 58.3 Å². The fourth-order valence-electron chi connectivity index (χ4n) is 3.20. The van der Waals surface area contributed by atoms with Gasteiger partial charge in [0.1, 0.15) is 9.75 Å². The first-order valence-electron chi connectivity index (χ1n) is 7.31. The summed E-state index contributed by atoms with van der Waals surface area (Å²) >= 11 is 0.969. The quantitative estimate of drug-likeness (QED) is 0.426. The van der Waals surface area contributed by atoms with E-state index in [2.05, 4.69) is 0 Å². The van der Waals surface area contributed by atoms with Crippen LogP contribution in [0.25, 0.3) is 32.3 Å². The predicted molar refractivity (Wildman–Crippen MR) is 95.1 cm³/mol. The molecular formula is C19H12O4S. The monoisotopic (exact) mass is 336 g/mol. The van der Waals surface area contributed by atoms with Crippen molar-refractivity contribution in [2.45, 2.75) is 0 Å². The number of carboxylic acid groups (broad SMARTS) is 1. The molecule has 0 fully saturated rings. The van der Waals surface area contributed by atoms with Crippen LogP contribution >= 0.6 is 11.3 Å². The van der Waals surface area contributed by atoms with Crippen molar-refractivity contribution in [2.75, 3.05) is 7.11 Å². The van der Waals surface area contributed by atoms with Gasteiger partial charge in [-0.3, -0.25) is 0 Å². The number of carbonyl (C=O) groups is 2. The van der Waals surface area contributed by atoms with Gasteiger partial charge in [-0.25, -0.2) is 9.59 Å². The standard InChI is InChI=1S/C19H12O4S/c1-23-19(22)17-15-13-9-5-3-7-11(13)10-6-2-4-8-12(10)14(15)16(24-17)18(20)21/h2-9H,1H3,(H,20,21). The Morgan fingerprint density at radius 2 is 1.29 bits per heavy atom. The summed E-state index contributed by atoms with van der Waals surface area (Å²) in [4.78, 5) is 24.5. The lowest BCUT2D eigenvalue weighted by Gasteiger charge is -2.08. The number of hydrogen-bond donors (Lipinski definition) is 1. The number of benzene rings is 3. The minimum absolute atomic E-state index is 0.160. The van der Waals surface area contributed by atoms with Crippen LogP contribution in [0, 0.1) is 0 Å². The highest BCUT2D eigenvalue weighted by atomic mass is 32.1. The summed E-state index contributed by atoms with van der Waals surface area (Å²) in [6, 6.07) is 15.4. The second kappa shape index (κ2) is 5.32. The van der Waals surface area contributed by atoms with E-state index in [0.717, 1.165) is 32.9 Å². The maximum atomic E-state index is 12.2. The number of aromatic carboxylic acids is 1. The average Bonchev–Trinajstić information content (AvgIpc) is 3.02. The maximum Gasteiger partial charge on any atom is 0.348 e. The molecule has 0 aliphatic carbocycles. The van der Waals surface area contributed by atoms with E-state index in [-0.39, 0.29) is 4.88 Å². The molecule has 0 radical (unpaired) electrons. The van der Waals surface area contributed by atoms with Gasteiger partial charge in [0, 0.05) is 10.8 Å². The van der Waals surface area contributed by atoms with E-state index < -0.39 is 11.9 Å². The Bertz CT molecular complexity index is 1140. The lowest BCUT2D eigenvalue weighted by molar-refractivity contribution is 0.0608. The van der Waals surface area contributed by atoms with Crippen molar-refractivity contribution in [1.82, 2.24) is 0 Å². The largest absolute Gasteiger partial charge is 0.477 e. The molecule has 3 aromatic carbocycles. The zero-order valence-electron chi connectivity index (χ0n) is 12.7. The smallest absolute Gasteiger partial charge is 0.348 e. The molecule has 0 unspecified atom stereocenters. The summed E-state index contributed by atoms with van der Waals surface area (Å²) in [5, 5.41) is 14.5. The molecular weight excluding hydrogens is 324 g/mol. The molecule has 0 aliphatic heterocycles. The number of carbonyl (C=O) groups excluding carboxylic acids is 1. The molecule has 0 spiro atoms. The molecule has 24 heavy (non-hydrogen) atoms. The Kier molecular flexibility index (Phi) is 3.25. The zero-order valence-corrected chi connectivity index (χ0v) is 13.5. The van der Waals surface area contributed by atoms with Crippen molar-refractivity contribution in [1.29, 1.82) is 0 Å². The van der Waals surface area contributed by atoms with Gasteiger partial charge < -0.3 is 9.84 Å². The zero-order chi connectivity index (χ0) is 16.8. The van der Waals surface area contributed by atoms with Gasteiger partial charge in [0.2, 0.25) is 0 Å². The average molecular weight is 336 g/mol. The van der Waals surface area contributed by atoms with Crippen LogP contribution in [-0.2, 0) is 4.74 Å². The third-order valence-electron chi connectivity index (χ3n) is 4.16. The van der Waals surface area contributed by atoms with Gasteiger partial charge in [0.05, 0.1) is 7.11 Å². The van der Waals surface area contributed by atoms with Crippen LogP contribution in [-0.4, -0.2) is 24.2 Å². The van der Waals surface area contributed by atoms with E-state index in [4.69, 9.17) is 4.74 Å². The van der Waals surface area contributed by atoms with Crippen molar-refractivity contribution < 1.29 is 19.4 Å². The highest BCUT2D eigenvalue weighted by molar-refractivity contribution is 7.18. The van der Waals surface area contributed by atoms with Crippen LogP contribution in [0.5, 0.6) is 0 Å². The molecule has 118 valence electrons. The predicted octanol–water partition coefficient (Wildman–Crippen LogP) is 4.69. The van der Waals surface area contributed by atoms with Gasteiger partial charge in [-0.15, -0.1) is 11.3 Å². The SMILES string of the molecule is COC(=O)c1sc(C(=O)O)c2c3ccccc3c3ccccc3c12. The van der Waals surface area contributed by atoms with Crippen LogP contribution in [0.4, 0.5) is 0 Å². The summed E-state index contributed by atoms with van der Waals surface area (Å²) in [5.74, 6) is -1.56. The van der Waals surface area contributed by atoms with Gasteiger partial charge in [0.25, 0.3) is 0 Å². The number of fused-ring (bicyclic) bond motifs is 6. The molecule has 0 atom stereocenters. The highest BCUT2D eigenvalue weighted by Gasteiger charge is 2.25. The van der Waals surface area contributed by atoms with Crippen LogP contribution in [0.3, 0.4) is 0 Å². The van der Waals surface area contributed by atoms with Crippen LogP contribution in [0.2, 0.25) is 0 Å². The maximum absolute atomic E-state index is 12.2. The molecule has 4 aromatic rings. The Balaban J connectivity index is 2.38. The second-order valence-electron chi connectivity index (χ2n) is 5.40. The molecule has 5 heteroatoms. The van der Waals surface area contributed by atoms with Crippen molar-refractivity contribution in [3.63, 3.8) is 0 Å². The molecule has 4 rings (SSSR count). The molecule has 1 heterocycles. The fraction of sp³-hybridized carbons (Fsp3) is 0.0526. The molecule has 0 saturated carbocycles. The van der Waals surface area contributed by atoms with Crippen LogP contribution in [0.1, 0.15) is 19.3 Å². The fourth-order valence-corrected chi connectivity index (χ4v) is 4.29.